The van der Waals surface area contributed by atoms with Crippen LogP contribution in [0.5, 0.6) is 0 Å². The van der Waals surface area contributed by atoms with E-state index in [0.717, 1.165) is 6.42 Å². The third-order valence-corrected chi connectivity index (χ3v) is 0.177. The standard InChI is InChI=1S/C4H5.Mg.2H/c1-3-4-2;;;/h3H2,1H3;;;. The van der Waals surface area contributed by atoms with Gasteiger partial charge in [0.15, 0.2) is 0 Å². The van der Waals surface area contributed by atoms with Crippen LogP contribution in [0.3, 0.4) is 0 Å². The average molecular weight is 79.4 g/mol. The molecule has 0 aliphatic heterocycles. The van der Waals surface area contributed by atoms with Crippen molar-refractivity contribution >= 4 is 23.1 Å². The van der Waals surface area contributed by atoms with Gasteiger partial charge >= 0.3 is 23.1 Å². The second-order valence-corrected chi connectivity index (χ2v) is 0.530. The van der Waals surface area contributed by atoms with Crippen LogP contribution in [-0.4, -0.2) is 23.1 Å². The molecule has 1 radical (unpaired) electrons. The number of hydrogen-bond donors (Lipinski definition) is 0. The molecule has 0 saturated heterocycles. The third-order valence-electron chi connectivity index (χ3n) is 0.177. The maximum Gasteiger partial charge on any atom is 0.316 e. The van der Waals surface area contributed by atoms with Gasteiger partial charge in [-0.3, -0.25) is 0 Å². The summed E-state index contributed by atoms with van der Waals surface area (Å²) in [4.78, 5) is 0. The fourth-order valence-corrected chi connectivity index (χ4v) is 0. The molecule has 0 unspecified atom stereocenters. The van der Waals surface area contributed by atoms with E-state index in [1.807, 2.05) is 6.92 Å². The lowest BCUT2D eigenvalue weighted by molar-refractivity contribution is 1.28. The molecule has 0 aromatic heterocycles. The molecule has 25 valence electrons. The van der Waals surface area contributed by atoms with Crippen LogP contribution in [0.15, 0.2) is 0 Å². The van der Waals surface area contributed by atoms with Crippen molar-refractivity contribution in [1.29, 1.82) is 0 Å². The van der Waals surface area contributed by atoms with Crippen molar-refractivity contribution in [3.8, 4) is 5.92 Å². The molecule has 0 aromatic rings. The maximum absolute atomic E-state index is 6.20. The van der Waals surface area contributed by atoms with Gasteiger partial charge in [0.2, 0.25) is 0 Å². The van der Waals surface area contributed by atoms with Crippen molar-refractivity contribution in [2.45, 2.75) is 13.3 Å². The van der Waals surface area contributed by atoms with Crippen molar-refractivity contribution < 1.29 is 0 Å². The van der Waals surface area contributed by atoms with Crippen LogP contribution < -0.4 is 0 Å². The summed E-state index contributed by atoms with van der Waals surface area (Å²) >= 11 is 0. The highest BCUT2D eigenvalue weighted by Gasteiger charge is 1.44. The second kappa shape index (κ2) is 8.85. The first-order valence-corrected chi connectivity index (χ1v) is 1.31. The highest BCUT2D eigenvalue weighted by molar-refractivity contribution is 5.75. The van der Waals surface area contributed by atoms with E-state index >= 15 is 0 Å². The van der Waals surface area contributed by atoms with Crippen LogP contribution in [0.25, 0.3) is 0 Å². The Kier molecular flexibility index (Phi) is 15.9. The van der Waals surface area contributed by atoms with Gasteiger partial charge in [-0.05, 0) is 6.42 Å². The molecule has 1 heteroatoms. The largest absolute Gasteiger partial charge is 0.316 e. The number of rotatable bonds is 0. The Bertz CT molecular complexity index is 33.4. The molecule has 0 bridgehead atoms. The summed E-state index contributed by atoms with van der Waals surface area (Å²) in [7, 11) is 0. The van der Waals surface area contributed by atoms with Crippen LogP contribution in [0.1, 0.15) is 13.3 Å². The van der Waals surface area contributed by atoms with Gasteiger partial charge in [-0.1, -0.05) is 12.8 Å². The highest BCUT2D eigenvalue weighted by Crippen LogP contribution is 1.58. The summed E-state index contributed by atoms with van der Waals surface area (Å²) < 4.78 is 0. The first-order chi connectivity index (χ1) is 1.91. The zero-order valence-electron chi connectivity index (χ0n) is 2.71. The zero-order chi connectivity index (χ0) is 3.41. The van der Waals surface area contributed by atoms with Crippen molar-refractivity contribution in [3.63, 3.8) is 0 Å². The second-order valence-electron chi connectivity index (χ2n) is 0.530. The monoisotopic (exact) mass is 79.0 g/mol. The Balaban J connectivity index is 0. The van der Waals surface area contributed by atoms with E-state index in [4.69, 9.17) is 6.42 Å². The summed E-state index contributed by atoms with van der Waals surface area (Å²) in [6.07, 6.45) is 6.94. The van der Waals surface area contributed by atoms with Gasteiger partial charge < -0.3 is 0 Å². The summed E-state index contributed by atoms with van der Waals surface area (Å²) in [6.45, 7) is 1.88. The summed E-state index contributed by atoms with van der Waals surface area (Å²) in [5, 5.41) is 0. The van der Waals surface area contributed by atoms with Gasteiger partial charge in [0.1, 0.15) is 0 Å². The molecule has 0 fully saturated rings. The lowest BCUT2D eigenvalue weighted by atomic mass is 10.5. The third kappa shape index (κ3) is 13.3. The molecule has 0 saturated carbocycles. The molecule has 0 rings (SSSR count). The van der Waals surface area contributed by atoms with Crippen molar-refractivity contribution in [2.75, 3.05) is 0 Å². The van der Waals surface area contributed by atoms with Gasteiger partial charge in [0.05, 0.1) is 0 Å². The molecular weight excluding hydrogens is 72.3 g/mol. The Morgan fingerprint density at radius 3 is 2.00 bits per heavy atom. The summed E-state index contributed by atoms with van der Waals surface area (Å²) in [5.74, 6) is 2.18. The van der Waals surface area contributed by atoms with Crippen LogP contribution in [0, 0.1) is 12.3 Å². The van der Waals surface area contributed by atoms with Crippen LogP contribution in [-0.2, 0) is 0 Å². The Hall–Kier alpha value is 0.326. The first-order valence-electron chi connectivity index (χ1n) is 1.31. The lowest BCUT2D eigenvalue weighted by Gasteiger charge is -1.51. The van der Waals surface area contributed by atoms with E-state index < -0.39 is 0 Å². The average Bonchev–Trinajstić information content (AvgIpc) is 1.37. The smallest absolute Gasteiger partial charge is 0.0894 e. The molecule has 0 amide bonds. The van der Waals surface area contributed by atoms with Gasteiger partial charge in [0, 0.05) is 6.42 Å². The van der Waals surface area contributed by atoms with E-state index in [9.17, 15) is 0 Å². The molecule has 0 aromatic carbocycles. The van der Waals surface area contributed by atoms with Crippen molar-refractivity contribution in [3.05, 3.63) is 6.42 Å². The zero-order valence-corrected chi connectivity index (χ0v) is 2.71. The van der Waals surface area contributed by atoms with E-state index in [1.54, 1.807) is 0 Å². The number of hydrogen-bond acceptors (Lipinski definition) is 0. The molecule has 0 aliphatic carbocycles. The van der Waals surface area contributed by atoms with Gasteiger partial charge in [-0.25, -0.2) is 0 Å². The molecule has 0 heterocycles. The van der Waals surface area contributed by atoms with Crippen LogP contribution >= 0.6 is 0 Å². The summed E-state index contributed by atoms with van der Waals surface area (Å²) in [5.41, 5.74) is 0. The Morgan fingerprint density at radius 2 is 2.00 bits per heavy atom. The predicted octanol–water partition coefficient (Wildman–Crippen LogP) is 0.0700. The van der Waals surface area contributed by atoms with E-state index in [0.29, 0.717) is 0 Å². The molecule has 0 spiro atoms. The Morgan fingerprint density at radius 1 is 1.80 bits per heavy atom. The predicted molar refractivity (Wildman–Crippen MR) is 26.0 cm³/mol. The normalized spacial score (nSPS) is 4.00. The van der Waals surface area contributed by atoms with Crippen molar-refractivity contribution in [1.82, 2.24) is 0 Å². The minimum atomic E-state index is 0. The highest BCUT2D eigenvalue weighted by atomic mass is 24.3. The molecule has 0 atom stereocenters. The summed E-state index contributed by atoms with van der Waals surface area (Å²) in [6, 6.07) is 0. The molecule has 0 N–H and O–H groups in total. The van der Waals surface area contributed by atoms with E-state index in [-0.39, 0.29) is 23.1 Å². The first kappa shape index (κ1) is 9.01. The van der Waals surface area contributed by atoms with E-state index in [2.05, 4.69) is 5.92 Å². The van der Waals surface area contributed by atoms with E-state index in [1.165, 1.54) is 0 Å². The maximum atomic E-state index is 6.20. The fraction of sp³-hybridized carbons (Fsp3) is 0.500. The Labute approximate surface area is 49.1 Å². The molecule has 0 aliphatic rings. The SMILES string of the molecule is [C]#CCC.[MgH2]. The van der Waals surface area contributed by atoms with Gasteiger partial charge in [0.25, 0.3) is 0 Å². The molecular formula is C4H7Mg. The van der Waals surface area contributed by atoms with Crippen LogP contribution in [0.2, 0.25) is 0 Å². The topological polar surface area (TPSA) is 0 Å². The fourth-order valence-electron chi connectivity index (χ4n) is 0. The van der Waals surface area contributed by atoms with Crippen LogP contribution in [0.4, 0.5) is 0 Å². The van der Waals surface area contributed by atoms with Crippen molar-refractivity contribution in [2.24, 2.45) is 0 Å². The molecule has 0 nitrogen and oxygen atoms in total. The minimum absolute atomic E-state index is 0. The molecule has 5 heavy (non-hydrogen) atoms. The van der Waals surface area contributed by atoms with Gasteiger partial charge in [-0.15, -0.1) is 0 Å². The van der Waals surface area contributed by atoms with Gasteiger partial charge in [-0.2, -0.15) is 0 Å². The quantitative estimate of drug-likeness (QED) is 0.285. The minimum Gasteiger partial charge on any atom is -0.0894 e. The lowest BCUT2D eigenvalue weighted by Crippen LogP contribution is -1.38.